The fourth-order valence-electron chi connectivity index (χ4n) is 4.86. The molecular weight excluding hydrogens is 476 g/mol. The minimum atomic E-state index is -0.100. The molecular formula is C30H32N6O2. The molecule has 8 nitrogen and oxygen atoms in total. The minimum Gasteiger partial charge on any atom is -0.497 e. The molecule has 0 radical (unpaired) electrons. The van der Waals surface area contributed by atoms with E-state index in [-0.39, 0.29) is 11.6 Å². The summed E-state index contributed by atoms with van der Waals surface area (Å²) in [6.07, 6.45) is 0.778. The van der Waals surface area contributed by atoms with E-state index in [9.17, 15) is 4.79 Å². The van der Waals surface area contributed by atoms with Gasteiger partial charge in [-0.3, -0.25) is 9.69 Å². The molecule has 2 aromatic heterocycles. The lowest BCUT2D eigenvalue weighted by molar-refractivity contribution is 0.161. The van der Waals surface area contributed by atoms with E-state index in [2.05, 4.69) is 56.6 Å². The SMILES string of the molecule is CC[C@@H](c1nnnn1Cc1ccc(OC)cc1)N(Cc1ccccc1)Cc1cc2ccc(C)cc2[nH]c1=O. The third kappa shape index (κ3) is 5.65. The number of ether oxygens (including phenoxy) is 1. The summed E-state index contributed by atoms with van der Waals surface area (Å²) in [5, 5.41) is 13.8. The molecule has 0 aliphatic rings. The summed E-state index contributed by atoms with van der Waals surface area (Å²) < 4.78 is 7.14. The van der Waals surface area contributed by atoms with E-state index in [1.807, 2.05) is 66.2 Å². The van der Waals surface area contributed by atoms with Crippen LogP contribution in [0.25, 0.3) is 10.9 Å². The number of methoxy groups -OCH3 is 1. The van der Waals surface area contributed by atoms with E-state index < -0.39 is 0 Å². The lowest BCUT2D eigenvalue weighted by atomic mass is 10.1. The summed E-state index contributed by atoms with van der Waals surface area (Å²) >= 11 is 0. The van der Waals surface area contributed by atoms with Crippen molar-refractivity contribution in [2.24, 2.45) is 0 Å². The third-order valence-corrected chi connectivity index (χ3v) is 6.86. The average molecular weight is 509 g/mol. The molecule has 5 aromatic rings. The lowest BCUT2D eigenvalue weighted by Gasteiger charge is -2.30. The Morgan fingerprint density at radius 1 is 0.974 bits per heavy atom. The Kier molecular flexibility index (Phi) is 7.60. The lowest BCUT2D eigenvalue weighted by Crippen LogP contribution is -2.32. The Balaban J connectivity index is 1.49. The van der Waals surface area contributed by atoms with Crippen LogP contribution in [0.15, 0.2) is 83.7 Å². The summed E-state index contributed by atoms with van der Waals surface area (Å²) in [6, 6.07) is 26.2. The number of hydrogen-bond acceptors (Lipinski definition) is 6. The Bertz CT molecular complexity index is 1560. The minimum absolute atomic E-state index is 0.0751. The van der Waals surface area contributed by atoms with Gasteiger partial charge < -0.3 is 9.72 Å². The van der Waals surface area contributed by atoms with Gasteiger partial charge in [0, 0.05) is 24.2 Å². The molecule has 1 atom stereocenters. The maximum atomic E-state index is 13.2. The van der Waals surface area contributed by atoms with Crippen molar-refractivity contribution in [2.75, 3.05) is 7.11 Å². The number of nitrogens with one attached hydrogen (secondary N) is 1. The van der Waals surface area contributed by atoms with Crippen LogP contribution in [0, 0.1) is 6.92 Å². The molecule has 0 unspecified atom stereocenters. The van der Waals surface area contributed by atoms with Gasteiger partial charge in [0.05, 0.1) is 19.7 Å². The van der Waals surface area contributed by atoms with Crippen molar-refractivity contribution >= 4 is 10.9 Å². The maximum Gasteiger partial charge on any atom is 0.252 e. The van der Waals surface area contributed by atoms with E-state index in [0.717, 1.165) is 45.6 Å². The van der Waals surface area contributed by atoms with Crippen LogP contribution in [0.1, 0.15) is 47.5 Å². The zero-order valence-electron chi connectivity index (χ0n) is 22.0. The Morgan fingerprint density at radius 2 is 1.76 bits per heavy atom. The van der Waals surface area contributed by atoms with Crippen LogP contribution in [-0.2, 0) is 19.6 Å². The highest BCUT2D eigenvalue weighted by atomic mass is 16.5. The van der Waals surface area contributed by atoms with Gasteiger partial charge in [0.2, 0.25) is 0 Å². The molecule has 0 saturated heterocycles. The summed E-state index contributed by atoms with van der Waals surface area (Å²) in [5.41, 5.74) is 4.84. The van der Waals surface area contributed by atoms with Gasteiger partial charge in [-0.1, -0.05) is 61.5 Å². The number of rotatable bonds is 10. The van der Waals surface area contributed by atoms with Crippen LogP contribution in [0.2, 0.25) is 0 Å². The topological polar surface area (TPSA) is 88.9 Å². The van der Waals surface area contributed by atoms with Gasteiger partial charge >= 0.3 is 0 Å². The van der Waals surface area contributed by atoms with Gasteiger partial charge in [0.25, 0.3) is 5.56 Å². The van der Waals surface area contributed by atoms with Gasteiger partial charge in [-0.2, -0.15) is 0 Å². The molecule has 0 aliphatic heterocycles. The van der Waals surface area contributed by atoms with Crippen LogP contribution < -0.4 is 10.3 Å². The first kappa shape index (κ1) is 25.4. The van der Waals surface area contributed by atoms with Crippen molar-refractivity contribution in [1.29, 1.82) is 0 Å². The molecule has 2 heterocycles. The van der Waals surface area contributed by atoms with Crippen molar-refractivity contribution in [3.05, 3.63) is 117 Å². The quantitative estimate of drug-likeness (QED) is 0.285. The maximum absolute atomic E-state index is 13.2. The van der Waals surface area contributed by atoms with Crippen LogP contribution >= 0.6 is 0 Å². The summed E-state index contributed by atoms with van der Waals surface area (Å²) in [6.45, 7) is 5.80. The number of aromatic amines is 1. The Morgan fingerprint density at radius 3 is 2.50 bits per heavy atom. The predicted octanol–water partition coefficient (Wildman–Crippen LogP) is 5.03. The zero-order chi connectivity index (χ0) is 26.5. The van der Waals surface area contributed by atoms with E-state index in [1.54, 1.807) is 7.11 Å². The Labute approximate surface area is 221 Å². The van der Waals surface area contributed by atoms with Crippen molar-refractivity contribution in [2.45, 2.75) is 45.9 Å². The molecule has 0 fully saturated rings. The molecule has 0 saturated carbocycles. The van der Waals surface area contributed by atoms with E-state index in [1.165, 1.54) is 0 Å². The van der Waals surface area contributed by atoms with Gasteiger partial charge in [-0.15, -0.1) is 5.10 Å². The van der Waals surface area contributed by atoms with Gasteiger partial charge in [0.15, 0.2) is 5.82 Å². The van der Waals surface area contributed by atoms with Crippen molar-refractivity contribution in [3.63, 3.8) is 0 Å². The highest BCUT2D eigenvalue weighted by Gasteiger charge is 2.26. The van der Waals surface area contributed by atoms with Crippen LogP contribution in [0.5, 0.6) is 5.75 Å². The van der Waals surface area contributed by atoms with Crippen molar-refractivity contribution in [1.82, 2.24) is 30.1 Å². The second-order valence-electron chi connectivity index (χ2n) is 9.57. The molecule has 3 aromatic carbocycles. The van der Waals surface area contributed by atoms with Crippen LogP contribution in [0.4, 0.5) is 0 Å². The summed E-state index contributed by atoms with van der Waals surface area (Å²) in [5.74, 6) is 1.58. The monoisotopic (exact) mass is 508 g/mol. The smallest absolute Gasteiger partial charge is 0.252 e. The van der Waals surface area contributed by atoms with Crippen LogP contribution in [0.3, 0.4) is 0 Å². The largest absolute Gasteiger partial charge is 0.497 e. The van der Waals surface area contributed by atoms with E-state index >= 15 is 0 Å². The third-order valence-electron chi connectivity index (χ3n) is 6.86. The van der Waals surface area contributed by atoms with E-state index in [4.69, 9.17) is 4.74 Å². The molecule has 8 heteroatoms. The number of aromatic nitrogens is 5. The number of fused-ring (bicyclic) bond motifs is 1. The molecule has 38 heavy (non-hydrogen) atoms. The second-order valence-corrected chi connectivity index (χ2v) is 9.57. The number of nitrogens with zero attached hydrogens (tertiary/aromatic N) is 5. The number of hydrogen-bond donors (Lipinski definition) is 1. The number of aryl methyl sites for hydroxylation is 1. The van der Waals surface area contributed by atoms with E-state index in [0.29, 0.717) is 25.2 Å². The first-order valence-corrected chi connectivity index (χ1v) is 12.8. The zero-order valence-corrected chi connectivity index (χ0v) is 22.0. The number of benzene rings is 3. The average Bonchev–Trinajstić information content (AvgIpc) is 3.38. The summed E-state index contributed by atoms with van der Waals surface area (Å²) in [4.78, 5) is 18.5. The molecule has 0 aliphatic carbocycles. The van der Waals surface area contributed by atoms with Crippen LogP contribution in [-0.4, -0.2) is 37.2 Å². The number of tetrazole rings is 1. The number of H-pyrrole nitrogens is 1. The number of pyridine rings is 1. The molecule has 5 rings (SSSR count). The van der Waals surface area contributed by atoms with Gasteiger partial charge in [-0.25, -0.2) is 4.68 Å². The Hall–Kier alpha value is -4.30. The molecule has 0 amide bonds. The normalized spacial score (nSPS) is 12.2. The second kappa shape index (κ2) is 11.4. The fourth-order valence-corrected chi connectivity index (χ4v) is 4.86. The highest BCUT2D eigenvalue weighted by molar-refractivity contribution is 5.79. The predicted molar refractivity (Wildman–Crippen MR) is 148 cm³/mol. The highest BCUT2D eigenvalue weighted by Crippen LogP contribution is 2.27. The van der Waals surface area contributed by atoms with Gasteiger partial charge in [0.1, 0.15) is 5.75 Å². The first-order valence-electron chi connectivity index (χ1n) is 12.8. The first-order chi connectivity index (χ1) is 18.5. The standard InChI is InChI=1S/C30H32N6O2/c1-4-28(29-32-33-34-36(29)19-23-11-14-26(38-3)15-12-23)35(18-22-8-6-5-7-9-22)20-25-17-24-13-10-21(2)16-27(24)31-30(25)37/h5-17,28H,4,18-20H2,1-3H3,(H,31,37)/t28-/m0/s1. The van der Waals surface area contributed by atoms with Gasteiger partial charge in [-0.05, 0) is 70.1 Å². The fraction of sp³-hybridized carbons (Fsp3) is 0.267. The molecule has 1 N–H and O–H groups in total. The molecule has 0 spiro atoms. The molecule has 194 valence electrons. The van der Waals surface area contributed by atoms with Crippen molar-refractivity contribution in [3.8, 4) is 5.75 Å². The molecule has 0 bridgehead atoms. The van der Waals surface area contributed by atoms with Crippen molar-refractivity contribution < 1.29 is 4.74 Å². The summed E-state index contributed by atoms with van der Waals surface area (Å²) in [7, 11) is 1.66.